The lowest BCUT2D eigenvalue weighted by atomic mass is 9.82. The number of aromatic nitrogens is 3. The van der Waals surface area contributed by atoms with Crippen LogP contribution in [0.2, 0.25) is 0 Å². The van der Waals surface area contributed by atoms with Gasteiger partial charge in [0.15, 0.2) is 0 Å². The molecule has 30 heavy (non-hydrogen) atoms. The lowest BCUT2D eigenvalue weighted by Crippen LogP contribution is -2.74. The molecule has 1 atom stereocenters. The molecule has 3 aliphatic heterocycles. The van der Waals surface area contributed by atoms with Crippen molar-refractivity contribution in [1.29, 1.82) is 5.26 Å². The summed E-state index contributed by atoms with van der Waals surface area (Å²) in [4.78, 5) is 20.9. The molecule has 0 saturated carbocycles. The summed E-state index contributed by atoms with van der Waals surface area (Å²) in [5.41, 5.74) is 2.79. The van der Waals surface area contributed by atoms with E-state index in [1.165, 1.54) is 37.1 Å². The SMILES string of the molecule is Cc1cnc(Nc2cncs2)nc1N1CC(CC#N)(N2CCN3CCCC[C@H]3C2)C1. The minimum Gasteiger partial charge on any atom is -0.352 e. The molecule has 0 aliphatic carbocycles. The molecule has 5 rings (SSSR count). The van der Waals surface area contributed by atoms with Crippen LogP contribution < -0.4 is 10.2 Å². The van der Waals surface area contributed by atoms with Crippen molar-refractivity contribution in [1.82, 2.24) is 24.8 Å². The molecule has 5 heterocycles. The number of aryl methyl sites for hydroxylation is 1. The fourth-order valence-corrected chi connectivity index (χ4v) is 5.68. The number of anilines is 3. The third-order valence-electron chi connectivity index (χ3n) is 6.80. The molecule has 0 aromatic carbocycles. The topological polar surface area (TPSA) is 84.2 Å². The van der Waals surface area contributed by atoms with E-state index in [-0.39, 0.29) is 5.54 Å². The Labute approximate surface area is 181 Å². The molecule has 1 N–H and O–H groups in total. The van der Waals surface area contributed by atoms with Crippen molar-refractivity contribution in [3.63, 3.8) is 0 Å². The van der Waals surface area contributed by atoms with E-state index in [4.69, 9.17) is 4.98 Å². The predicted octanol–water partition coefficient (Wildman–Crippen LogP) is 2.63. The van der Waals surface area contributed by atoms with Crippen LogP contribution in [0.3, 0.4) is 0 Å². The number of nitriles is 1. The van der Waals surface area contributed by atoms with Crippen molar-refractivity contribution in [3.8, 4) is 6.07 Å². The molecular formula is C21H28N8S. The van der Waals surface area contributed by atoms with Crippen LogP contribution >= 0.6 is 11.3 Å². The van der Waals surface area contributed by atoms with E-state index in [0.29, 0.717) is 18.4 Å². The number of rotatable bonds is 5. The molecule has 0 bridgehead atoms. The van der Waals surface area contributed by atoms with Crippen LogP contribution in [-0.2, 0) is 0 Å². The largest absolute Gasteiger partial charge is 0.352 e. The van der Waals surface area contributed by atoms with Gasteiger partial charge in [-0.25, -0.2) is 4.98 Å². The molecule has 158 valence electrons. The van der Waals surface area contributed by atoms with E-state index in [2.05, 4.69) is 43.0 Å². The summed E-state index contributed by atoms with van der Waals surface area (Å²) < 4.78 is 0. The first-order chi connectivity index (χ1) is 14.7. The average Bonchev–Trinajstić information content (AvgIpc) is 3.25. The number of piperidine rings is 1. The van der Waals surface area contributed by atoms with E-state index in [1.807, 2.05) is 6.20 Å². The molecule has 0 amide bonds. The highest BCUT2D eigenvalue weighted by Crippen LogP contribution is 2.38. The number of nitrogens with zero attached hydrogens (tertiary/aromatic N) is 7. The maximum Gasteiger partial charge on any atom is 0.229 e. The van der Waals surface area contributed by atoms with Gasteiger partial charge in [-0.15, -0.1) is 11.3 Å². The van der Waals surface area contributed by atoms with Crippen LogP contribution in [-0.4, -0.2) is 75.6 Å². The third-order valence-corrected chi connectivity index (χ3v) is 7.49. The molecule has 8 nitrogen and oxygen atoms in total. The molecule has 0 unspecified atom stereocenters. The lowest BCUT2D eigenvalue weighted by molar-refractivity contribution is -0.0249. The van der Waals surface area contributed by atoms with E-state index in [1.54, 1.807) is 11.7 Å². The van der Waals surface area contributed by atoms with Crippen molar-refractivity contribution >= 4 is 28.1 Å². The zero-order chi connectivity index (χ0) is 20.6. The molecule has 3 aliphatic rings. The molecule has 2 aromatic heterocycles. The van der Waals surface area contributed by atoms with E-state index < -0.39 is 0 Å². The third kappa shape index (κ3) is 3.64. The van der Waals surface area contributed by atoms with Gasteiger partial charge in [0.25, 0.3) is 0 Å². The first-order valence-corrected chi connectivity index (χ1v) is 11.6. The Balaban J connectivity index is 1.31. The van der Waals surface area contributed by atoms with Gasteiger partial charge >= 0.3 is 0 Å². The second-order valence-electron chi connectivity index (χ2n) is 8.74. The summed E-state index contributed by atoms with van der Waals surface area (Å²) in [5.74, 6) is 1.55. The molecule has 2 aromatic rings. The van der Waals surface area contributed by atoms with Crippen molar-refractivity contribution in [2.24, 2.45) is 0 Å². The monoisotopic (exact) mass is 424 g/mol. The van der Waals surface area contributed by atoms with Crippen molar-refractivity contribution in [2.75, 3.05) is 49.5 Å². The van der Waals surface area contributed by atoms with Gasteiger partial charge in [-0.05, 0) is 26.3 Å². The van der Waals surface area contributed by atoms with E-state index >= 15 is 0 Å². The van der Waals surface area contributed by atoms with Gasteiger partial charge < -0.3 is 10.2 Å². The van der Waals surface area contributed by atoms with Crippen molar-refractivity contribution in [2.45, 2.75) is 44.2 Å². The maximum atomic E-state index is 9.58. The Morgan fingerprint density at radius 3 is 2.97 bits per heavy atom. The lowest BCUT2D eigenvalue weighted by Gasteiger charge is -2.59. The fraction of sp³-hybridized carbons (Fsp3) is 0.619. The average molecular weight is 425 g/mol. The van der Waals surface area contributed by atoms with Gasteiger partial charge in [0.2, 0.25) is 5.95 Å². The first kappa shape index (κ1) is 19.7. The second-order valence-corrected chi connectivity index (χ2v) is 9.62. The maximum absolute atomic E-state index is 9.58. The summed E-state index contributed by atoms with van der Waals surface area (Å²) in [6.07, 6.45) is 8.18. The van der Waals surface area contributed by atoms with Crippen LogP contribution in [0.25, 0.3) is 0 Å². The smallest absolute Gasteiger partial charge is 0.229 e. The molecule has 0 radical (unpaired) electrons. The zero-order valence-electron chi connectivity index (χ0n) is 17.4. The highest BCUT2D eigenvalue weighted by atomic mass is 32.1. The number of nitrogens with one attached hydrogen (secondary N) is 1. The summed E-state index contributed by atoms with van der Waals surface area (Å²) in [5, 5.41) is 13.7. The van der Waals surface area contributed by atoms with Gasteiger partial charge in [0.1, 0.15) is 10.8 Å². The molecule has 9 heteroatoms. The summed E-state index contributed by atoms with van der Waals surface area (Å²) in [7, 11) is 0. The van der Waals surface area contributed by atoms with Gasteiger partial charge in [0, 0.05) is 50.5 Å². The van der Waals surface area contributed by atoms with Crippen molar-refractivity contribution < 1.29 is 0 Å². The summed E-state index contributed by atoms with van der Waals surface area (Å²) in [6.45, 7) is 8.29. The van der Waals surface area contributed by atoms with Crippen LogP contribution in [0, 0.1) is 18.3 Å². The van der Waals surface area contributed by atoms with E-state index in [0.717, 1.165) is 49.1 Å². The number of thiazole rings is 1. The number of hydrogen-bond acceptors (Lipinski definition) is 9. The first-order valence-electron chi connectivity index (χ1n) is 10.8. The summed E-state index contributed by atoms with van der Waals surface area (Å²) in [6, 6.07) is 3.14. The second kappa shape index (κ2) is 8.10. The van der Waals surface area contributed by atoms with Gasteiger partial charge in [0.05, 0.1) is 29.7 Å². The van der Waals surface area contributed by atoms with Crippen LogP contribution in [0.15, 0.2) is 17.9 Å². The Hall–Kier alpha value is -2.28. The fourth-order valence-electron chi connectivity index (χ4n) is 5.17. The summed E-state index contributed by atoms with van der Waals surface area (Å²) >= 11 is 1.53. The minimum absolute atomic E-state index is 0.0546. The quantitative estimate of drug-likeness (QED) is 0.784. The Morgan fingerprint density at radius 1 is 1.27 bits per heavy atom. The Morgan fingerprint density at radius 2 is 2.17 bits per heavy atom. The molecule has 3 fully saturated rings. The van der Waals surface area contributed by atoms with Gasteiger partial charge in [-0.2, -0.15) is 10.2 Å². The molecule has 3 saturated heterocycles. The van der Waals surface area contributed by atoms with Crippen LogP contribution in [0.1, 0.15) is 31.2 Å². The number of hydrogen-bond donors (Lipinski definition) is 1. The standard InChI is InChI=1S/C21H28N8S/c1-16-10-24-20(25-18-11-23-15-30-18)26-19(16)28-13-21(14-28,5-6-22)29-9-8-27-7-3-2-4-17(27)12-29/h10-11,15,17H,2-5,7-9,12-14H2,1H3,(H,24,25,26)/t17-/m0/s1. The van der Waals surface area contributed by atoms with Crippen molar-refractivity contribution in [3.05, 3.63) is 23.5 Å². The van der Waals surface area contributed by atoms with Crippen LogP contribution in [0.5, 0.6) is 0 Å². The predicted molar refractivity (Wildman–Crippen MR) is 118 cm³/mol. The Bertz CT molecular complexity index is 918. The highest BCUT2D eigenvalue weighted by molar-refractivity contribution is 7.13. The van der Waals surface area contributed by atoms with Gasteiger partial charge in [-0.3, -0.25) is 14.8 Å². The Kier molecular flexibility index (Phi) is 5.31. The molecular weight excluding hydrogens is 396 g/mol. The molecule has 0 spiro atoms. The van der Waals surface area contributed by atoms with E-state index in [9.17, 15) is 5.26 Å². The number of fused-ring (bicyclic) bond motifs is 1. The highest BCUT2D eigenvalue weighted by Gasteiger charge is 2.50. The van der Waals surface area contributed by atoms with Crippen LogP contribution in [0.4, 0.5) is 16.8 Å². The number of piperazine rings is 1. The zero-order valence-corrected chi connectivity index (χ0v) is 18.2. The normalized spacial score (nSPS) is 24.0. The minimum atomic E-state index is -0.0546. The van der Waals surface area contributed by atoms with Gasteiger partial charge in [-0.1, -0.05) is 6.42 Å².